The van der Waals surface area contributed by atoms with E-state index in [-0.39, 0.29) is 6.04 Å². The normalized spacial score (nSPS) is 19.9. The molecule has 1 heterocycles. The number of nitrogens with one attached hydrogen (secondary N) is 2. The predicted octanol–water partition coefficient (Wildman–Crippen LogP) is 1.46. The number of thiocarbonyl (C=S) groups is 1. The number of aliphatic hydroxyl groups is 1. The van der Waals surface area contributed by atoms with Crippen LogP contribution in [0.25, 0.3) is 0 Å². The standard InChI is InChI=1S/C16H17N3OS/c1-19-8-4-6-12(10-19)17-16(21)18-15-13-7-3-2-5-11(13)9-14(15)20/h2-8,10,14-15,20H,9H2,1H3,(H-,17,18,21)/p+1/t14-,15+/m0/s1. The molecule has 5 heteroatoms. The zero-order valence-electron chi connectivity index (χ0n) is 11.8. The molecule has 0 spiro atoms. The molecule has 1 aromatic carbocycles. The Labute approximate surface area is 129 Å². The van der Waals surface area contributed by atoms with Gasteiger partial charge in [0.2, 0.25) is 0 Å². The third kappa shape index (κ3) is 3.04. The van der Waals surface area contributed by atoms with Crippen LogP contribution in [-0.4, -0.2) is 16.3 Å². The minimum Gasteiger partial charge on any atom is -0.390 e. The Kier molecular flexibility index (Phi) is 3.86. The first-order chi connectivity index (χ1) is 10.1. The van der Waals surface area contributed by atoms with Crippen molar-refractivity contribution >= 4 is 23.0 Å². The number of pyridine rings is 1. The van der Waals surface area contributed by atoms with E-state index < -0.39 is 6.10 Å². The maximum absolute atomic E-state index is 10.2. The summed E-state index contributed by atoms with van der Waals surface area (Å²) < 4.78 is 1.95. The smallest absolute Gasteiger partial charge is 0.192 e. The van der Waals surface area contributed by atoms with E-state index >= 15 is 0 Å². The van der Waals surface area contributed by atoms with Gasteiger partial charge in [0.1, 0.15) is 12.7 Å². The number of nitrogens with zero attached hydrogens (tertiary/aromatic N) is 1. The predicted molar refractivity (Wildman–Crippen MR) is 85.9 cm³/mol. The summed E-state index contributed by atoms with van der Waals surface area (Å²) in [5, 5.41) is 17.1. The van der Waals surface area contributed by atoms with Crippen molar-refractivity contribution in [2.24, 2.45) is 7.05 Å². The topological polar surface area (TPSA) is 48.2 Å². The fourth-order valence-corrected chi connectivity index (χ4v) is 2.96. The Balaban J connectivity index is 1.70. The van der Waals surface area contributed by atoms with Crippen molar-refractivity contribution in [3.8, 4) is 0 Å². The summed E-state index contributed by atoms with van der Waals surface area (Å²) >= 11 is 5.36. The third-order valence-corrected chi connectivity index (χ3v) is 3.91. The van der Waals surface area contributed by atoms with Crippen LogP contribution in [0.3, 0.4) is 0 Å². The van der Waals surface area contributed by atoms with Crippen molar-refractivity contribution in [2.45, 2.75) is 18.6 Å². The molecule has 0 unspecified atom stereocenters. The van der Waals surface area contributed by atoms with Gasteiger partial charge in [0.15, 0.2) is 17.5 Å². The number of hydrogen-bond donors (Lipinski definition) is 3. The highest BCUT2D eigenvalue weighted by atomic mass is 32.1. The van der Waals surface area contributed by atoms with Gasteiger partial charge >= 0.3 is 0 Å². The first-order valence-corrected chi connectivity index (χ1v) is 7.33. The van der Waals surface area contributed by atoms with Gasteiger partial charge in [0, 0.05) is 12.5 Å². The molecular weight excluding hydrogens is 282 g/mol. The number of anilines is 1. The van der Waals surface area contributed by atoms with E-state index in [0.717, 1.165) is 11.3 Å². The number of rotatable bonds is 2. The summed E-state index contributed by atoms with van der Waals surface area (Å²) in [4.78, 5) is 0. The minimum absolute atomic E-state index is 0.154. The van der Waals surface area contributed by atoms with Crippen LogP contribution < -0.4 is 15.2 Å². The monoisotopic (exact) mass is 300 g/mol. The molecule has 4 nitrogen and oxygen atoms in total. The largest absolute Gasteiger partial charge is 0.390 e. The molecule has 0 saturated heterocycles. The van der Waals surface area contributed by atoms with Gasteiger partial charge in [0.25, 0.3) is 0 Å². The lowest BCUT2D eigenvalue weighted by atomic mass is 10.1. The molecule has 0 amide bonds. The van der Waals surface area contributed by atoms with E-state index in [1.807, 2.05) is 60.4 Å². The maximum atomic E-state index is 10.2. The molecular formula is C16H18N3OS+. The number of benzene rings is 1. The lowest BCUT2D eigenvalue weighted by molar-refractivity contribution is -0.670. The second kappa shape index (κ2) is 5.79. The van der Waals surface area contributed by atoms with E-state index in [0.29, 0.717) is 11.5 Å². The first-order valence-electron chi connectivity index (χ1n) is 6.92. The molecule has 2 atom stereocenters. The Morgan fingerprint density at radius 3 is 2.90 bits per heavy atom. The summed E-state index contributed by atoms with van der Waals surface area (Å²) in [5.74, 6) is 0. The summed E-state index contributed by atoms with van der Waals surface area (Å²) in [5.41, 5.74) is 3.21. The molecule has 0 fully saturated rings. The van der Waals surface area contributed by atoms with Gasteiger partial charge in [-0.1, -0.05) is 24.3 Å². The van der Waals surface area contributed by atoms with Crippen LogP contribution in [0.4, 0.5) is 5.69 Å². The highest BCUT2D eigenvalue weighted by molar-refractivity contribution is 7.80. The molecule has 0 radical (unpaired) electrons. The quantitative estimate of drug-likeness (QED) is 0.580. The van der Waals surface area contributed by atoms with Crippen molar-refractivity contribution in [1.82, 2.24) is 5.32 Å². The molecule has 0 bridgehead atoms. The molecule has 1 aliphatic carbocycles. The fraction of sp³-hybridized carbons (Fsp3) is 0.250. The van der Waals surface area contributed by atoms with Gasteiger partial charge in [-0.2, -0.15) is 0 Å². The molecule has 0 saturated carbocycles. The number of aryl methyl sites for hydroxylation is 1. The molecule has 108 valence electrons. The van der Waals surface area contributed by atoms with Crippen LogP contribution in [-0.2, 0) is 13.5 Å². The van der Waals surface area contributed by atoms with Crippen LogP contribution in [0, 0.1) is 0 Å². The van der Waals surface area contributed by atoms with E-state index in [9.17, 15) is 5.11 Å². The Morgan fingerprint density at radius 1 is 1.29 bits per heavy atom. The SMILES string of the molecule is C[n+]1cccc(NC(=S)N[C@@H]2c3ccccc3C[C@@H]2O)c1. The van der Waals surface area contributed by atoms with Crippen LogP contribution in [0.2, 0.25) is 0 Å². The lowest BCUT2D eigenvalue weighted by Crippen LogP contribution is -2.37. The van der Waals surface area contributed by atoms with E-state index in [4.69, 9.17) is 12.2 Å². The summed E-state index contributed by atoms with van der Waals surface area (Å²) in [7, 11) is 1.96. The number of fused-ring (bicyclic) bond motifs is 1. The van der Waals surface area contributed by atoms with Crippen molar-refractivity contribution in [2.75, 3.05) is 5.32 Å². The second-order valence-corrected chi connectivity index (χ2v) is 5.71. The van der Waals surface area contributed by atoms with Gasteiger partial charge in [-0.25, -0.2) is 4.57 Å². The molecule has 3 rings (SSSR count). The Bertz CT molecular complexity index is 674. The average molecular weight is 300 g/mol. The van der Waals surface area contributed by atoms with Gasteiger partial charge in [-0.15, -0.1) is 0 Å². The third-order valence-electron chi connectivity index (χ3n) is 3.69. The zero-order chi connectivity index (χ0) is 14.8. The second-order valence-electron chi connectivity index (χ2n) is 5.30. The summed E-state index contributed by atoms with van der Waals surface area (Å²) in [6, 6.07) is 11.8. The van der Waals surface area contributed by atoms with Crippen molar-refractivity contribution in [3.63, 3.8) is 0 Å². The Morgan fingerprint density at radius 2 is 2.10 bits per heavy atom. The van der Waals surface area contributed by atoms with Gasteiger partial charge in [-0.05, 0) is 29.4 Å². The Hall–Kier alpha value is -1.98. The first kappa shape index (κ1) is 14.0. The fourth-order valence-electron chi connectivity index (χ4n) is 2.72. The molecule has 3 N–H and O–H groups in total. The van der Waals surface area contributed by atoms with Crippen molar-refractivity contribution < 1.29 is 9.67 Å². The number of aliphatic hydroxyl groups excluding tert-OH is 1. The van der Waals surface area contributed by atoms with Gasteiger partial charge in [0.05, 0.1) is 12.1 Å². The molecule has 1 aliphatic rings. The van der Waals surface area contributed by atoms with Crippen molar-refractivity contribution in [1.29, 1.82) is 0 Å². The molecule has 2 aromatic rings. The van der Waals surface area contributed by atoms with Gasteiger partial charge < -0.3 is 15.7 Å². The lowest BCUT2D eigenvalue weighted by Gasteiger charge is -2.20. The highest BCUT2D eigenvalue weighted by Crippen LogP contribution is 2.31. The van der Waals surface area contributed by atoms with Crippen LogP contribution >= 0.6 is 12.2 Å². The van der Waals surface area contributed by atoms with E-state index in [1.54, 1.807) is 0 Å². The molecule has 0 aliphatic heterocycles. The molecule has 21 heavy (non-hydrogen) atoms. The van der Waals surface area contributed by atoms with Crippen LogP contribution in [0.15, 0.2) is 48.8 Å². The van der Waals surface area contributed by atoms with Gasteiger partial charge in [-0.3, -0.25) is 0 Å². The molecule has 1 aromatic heterocycles. The number of aromatic nitrogens is 1. The van der Waals surface area contributed by atoms with Crippen LogP contribution in [0.5, 0.6) is 0 Å². The minimum atomic E-state index is -0.450. The maximum Gasteiger partial charge on any atom is 0.192 e. The van der Waals surface area contributed by atoms with Crippen LogP contribution in [0.1, 0.15) is 17.2 Å². The summed E-state index contributed by atoms with van der Waals surface area (Å²) in [6.07, 6.45) is 4.12. The van der Waals surface area contributed by atoms with Crippen molar-refractivity contribution in [3.05, 3.63) is 59.9 Å². The van der Waals surface area contributed by atoms with E-state index in [1.165, 1.54) is 5.56 Å². The highest BCUT2D eigenvalue weighted by Gasteiger charge is 2.31. The summed E-state index contributed by atoms with van der Waals surface area (Å²) in [6.45, 7) is 0. The number of hydrogen-bond acceptors (Lipinski definition) is 2. The average Bonchev–Trinajstić information content (AvgIpc) is 2.75. The van der Waals surface area contributed by atoms with E-state index in [2.05, 4.69) is 10.6 Å². The zero-order valence-corrected chi connectivity index (χ0v) is 12.6.